The van der Waals surface area contributed by atoms with Crippen LogP contribution in [0, 0.1) is 6.92 Å². The number of carbonyl (C=O) groups is 1. The lowest BCUT2D eigenvalue weighted by Gasteiger charge is -2.13. The van der Waals surface area contributed by atoms with Crippen LogP contribution in [0.3, 0.4) is 0 Å². The molecule has 1 N–H and O–H groups in total. The van der Waals surface area contributed by atoms with E-state index in [-0.39, 0.29) is 11.0 Å². The molecule has 110 valence electrons. The molecule has 5 nitrogen and oxygen atoms in total. The Morgan fingerprint density at radius 1 is 1.27 bits per heavy atom. The Hall–Kier alpha value is -2.69. The largest absolute Gasteiger partial charge is 0.478 e. The Morgan fingerprint density at radius 2 is 2.09 bits per heavy atom. The van der Waals surface area contributed by atoms with Gasteiger partial charge in [-0.15, -0.1) is 0 Å². The van der Waals surface area contributed by atoms with E-state index in [1.807, 2.05) is 31.2 Å². The summed E-state index contributed by atoms with van der Waals surface area (Å²) in [4.78, 5) is 15.7. The average molecular weight is 294 g/mol. The number of carboxylic acid groups (broad SMARTS) is 1. The van der Waals surface area contributed by atoms with Crippen LogP contribution in [0.25, 0.3) is 10.9 Å². The number of pyridine rings is 1. The van der Waals surface area contributed by atoms with Crippen molar-refractivity contribution in [2.24, 2.45) is 0 Å². The molecule has 0 saturated heterocycles. The van der Waals surface area contributed by atoms with Crippen LogP contribution in [0.15, 0.2) is 41.1 Å². The molecule has 0 atom stereocenters. The molecule has 5 heteroatoms. The SMILES string of the molecule is Cc1cc(C2(c3ccc4nccc(C(=O)O)c4c3)CC2)on1. The fourth-order valence-electron chi connectivity index (χ4n) is 3.02. The molecular formula is C17H14N2O3. The molecule has 2 aromatic heterocycles. The van der Waals surface area contributed by atoms with Gasteiger partial charge >= 0.3 is 5.97 Å². The van der Waals surface area contributed by atoms with Gasteiger partial charge in [0.25, 0.3) is 0 Å². The minimum absolute atomic E-state index is 0.166. The van der Waals surface area contributed by atoms with Crippen molar-refractivity contribution in [1.82, 2.24) is 10.1 Å². The van der Waals surface area contributed by atoms with Crippen LogP contribution in [-0.2, 0) is 5.41 Å². The predicted octanol–water partition coefficient (Wildman–Crippen LogP) is 3.31. The maximum atomic E-state index is 11.4. The fraction of sp³-hybridized carbons (Fsp3) is 0.235. The van der Waals surface area contributed by atoms with Crippen LogP contribution in [0.5, 0.6) is 0 Å². The Labute approximate surface area is 126 Å². The first-order chi connectivity index (χ1) is 10.6. The molecule has 22 heavy (non-hydrogen) atoms. The van der Waals surface area contributed by atoms with E-state index in [2.05, 4.69) is 10.1 Å². The molecule has 1 fully saturated rings. The zero-order valence-electron chi connectivity index (χ0n) is 12.0. The lowest BCUT2D eigenvalue weighted by Crippen LogP contribution is -2.08. The lowest BCUT2D eigenvalue weighted by molar-refractivity contribution is 0.0699. The number of hydrogen-bond acceptors (Lipinski definition) is 4. The number of carboxylic acids is 1. The minimum Gasteiger partial charge on any atom is -0.478 e. The zero-order valence-corrected chi connectivity index (χ0v) is 12.0. The molecule has 0 radical (unpaired) electrons. The third-order valence-corrected chi connectivity index (χ3v) is 4.37. The second-order valence-electron chi connectivity index (χ2n) is 5.81. The number of aryl methyl sites for hydroxylation is 1. The number of benzene rings is 1. The van der Waals surface area contributed by atoms with Crippen LogP contribution in [0.2, 0.25) is 0 Å². The number of fused-ring (bicyclic) bond motifs is 1. The summed E-state index contributed by atoms with van der Waals surface area (Å²) in [5.74, 6) is -0.0879. The highest BCUT2D eigenvalue weighted by Crippen LogP contribution is 2.54. The molecule has 0 bridgehead atoms. The third kappa shape index (κ3) is 1.82. The van der Waals surface area contributed by atoms with Gasteiger partial charge in [-0.25, -0.2) is 4.79 Å². The van der Waals surface area contributed by atoms with Gasteiger partial charge in [0.2, 0.25) is 0 Å². The van der Waals surface area contributed by atoms with Crippen LogP contribution < -0.4 is 0 Å². The van der Waals surface area contributed by atoms with Crippen LogP contribution in [0.4, 0.5) is 0 Å². The minimum atomic E-state index is -0.940. The molecule has 1 aliphatic carbocycles. The first kappa shape index (κ1) is 13.0. The molecule has 2 heterocycles. The summed E-state index contributed by atoms with van der Waals surface area (Å²) < 4.78 is 5.45. The van der Waals surface area contributed by atoms with E-state index in [0.717, 1.165) is 29.9 Å². The number of hydrogen-bond donors (Lipinski definition) is 1. The van der Waals surface area contributed by atoms with Gasteiger partial charge in [0.05, 0.1) is 22.2 Å². The van der Waals surface area contributed by atoms with Crippen molar-refractivity contribution in [1.29, 1.82) is 0 Å². The maximum Gasteiger partial charge on any atom is 0.336 e. The highest BCUT2D eigenvalue weighted by molar-refractivity contribution is 6.02. The molecule has 1 aliphatic rings. The van der Waals surface area contributed by atoms with E-state index < -0.39 is 5.97 Å². The quantitative estimate of drug-likeness (QED) is 0.802. The van der Waals surface area contributed by atoms with Crippen molar-refractivity contribution < 1.29 is 14.4 Å². The zero-order chi connectivity index (χ0) is 15.3. The van der Waals surface area contributed by atoms with E-state index in [0.29, 0.717) is 10.9 Å². The first-order valence-corrected chi connectivity index (χ1v) is 7.16. The number of nitrogens with zero attached hydrogens (tertiary/aromatic N) is 2. The second kappa shape index (κ2) is 4.40. The molecule has 0 amide bonds. The number of rotatable bonds is 3. The van der Waals surface area contributed by atoms with Crippen LogP contribution >= 0.6 is 0 Å². The van der Waals surface area contributed by atoms with E-state index in [9.17, 15) is 9.90 Å². The Morgan fingerprint density at radius 3 is 2.73 bits per heavy atom. The van der Waals surface area contributed by atoms with E-state index in [1.165, 1.54) is 12.3 Å². The molecule has 0 unspecified atom stereocenters. The monoisotopic (exact) mass is 294 g/mol. The van der Waals surface area contributed by atoms with Crippen molar-refractivity contribution in [3.8, 4) is 0 Å². The number of aromatic nitrogens is 2. The molecule has 0 aliphatic heterocycles. The highest BCUT2D eigenvalue weighted by Gasteiger charge is 2.49. The summed E-state index contributed by atoms with van der Waals surface area (Å²) in [6.45, 7) is 1.90. The summed E-state index contributed by atoms with van der Waals surface area (Å²) in [6, 6.07) is 9.30. The van der Waals surface area contributed by atoms with Gasteiger partial charge in [0.15, 0.2) is 0 Å². The van der Waals surface area contributed by atoms with Crippen molar-refractivity contribution in [2.45, 2.75) is 25.2 Å². The molecular weight excluding hydrogens is 280 g/mol. The number of aromatic carboxylic acids is 1. The second-order valence-corrected chi connectivity index (χ2v) is 5.81. The summed E-state index contributed by atoms with van der Waals surface area (Å²) in [5, 5.41) is 14.0. The van der Waals surface area contributed by atoms with E-state index >= 15 is 0 Å². The molecule has 0 spiro atoms. The standard InChI is InChI=1S/C17H14N2O3/c1-10-8-15(22-19-10)17(5-6-17)11-2-3-14-13(9-11)12(16(20)21)4-7-18-14/h2-4,7-9H,5-6H2,1H3,(H,20,21). The van der Waals surface area contributed by atoms with Gasteiger partial charge in [-0.3, -0.25) is 4.98 Å². The Bertz CT molecular complexity index is 894. The topological polar surface area (TPSA) is 76.2 Å². The molecule has 1 saturated carbocycles. The van der Waals surface area contributed by atoms with Gasteiger partial charge in [-0.2, -0.15) is 0 Å². The summed E-state index contributed by atoms with van der Waals surface area (Å²) in [6.07, 6.45) is 3.49. The maximum absolute atomic E-state index is 11.4. The molecule has 1 aromatic carbocycles. The normalized spacial score (nSPS) is 15.9. The summed E-state index contributed by atoms with van der Waals surface area (Å²) in [7, 11) is 0. The predicted molar refractivity (Wildman–Crippen MR) is 80.0 cm³/mol. The van der Waals surface area contributed by atoms with Gasteiger partial charge in [0, 0.05) is 17.6 Å². The van der Waals surface area contributed by atoms with Crippen molar-refractivity contribution >= 4 is 16.9 Å². The Balaban J connectivity index is 1.90. The van der Waals surface area contributed by atoms with Gasteiger partial charge < -0.3 is 9.63 Å². The lowest BCUT2D eigenvalue weighted by atomic mass is 9.91. The molecule has 3 aromatic rings. The fourth-order valence-corrected chi connectivity index (χ4v) is 3.02. The van der Waals surface area contributed by atoms with Crippen molar-refractivity contribution in [3.05, 3.63) is 59.1 Å². The average Bonchev–Trinajstić information content (AvgIpc) is 3.22. The third-order valence-electron chi connectivity index (χ3n) is 4.37. The van der Waals surface area contributed by atoms with E-state index in [1.54, 1.807) is 0 Å². The van der Waals surface area contributed by atoms with Gasteiger partial charge in [-0.05, 0) is 43.5 Å². The first-order valence-electron chi connectivity index (χ1n) is 7.16. The van der Waals surface area contributed by atoms with Crippen molar-refractivity contribution in [3.63, 3.8) is 0 Å². The molecule has 4 rings (SSSR count). The summed E-state index contributed by atoms with van der Waals surface area (Å²) >= 11 is 0. The van der Waals surface area contributed by atoms with Gasteiger partial charge in [-0.1, -0.05) is 11.2 Å². The van der Waals surface area contributed by atoms with Crippen LogP contribution in [0.1, 0.15) is 40.2 Å². The van der Waals surface area contributed by atoms with Crippen molar-refractivity contribution in [2.75, 3.05) is 0 Å². The van der Waals surface area contributed by atoms with E-state index in [4.69, 9.17) is 4.52 Å². The Kier molecular flexibility index (Phi) is 2.60. The van der Waals surface area contributed by atoms with Crippen LogP contribution in [-0.4, -0.2) is 21.2 Å². The highest BCUT2D eigenvalue weighted by atomic mass is 16.5. The smallest absolute Gasteiger partial charge is 0.336 e. The summed E-state index contributed by atoms with van der Waals surface area (Å²) in [5.41, 5.74) is 2.72. The van der Waals surface area contributed by atoms with Gasteiger partial charge in [0.1, 0.15) is 5.76 Å².